The number of nitrogens with one attached hydrogen (secondary N) is 1. The van der Waals surface area contributed by atoms with Crippen LogP contribution in [0.3, 0.4) is 0 Å². The lowest BCUT2D eigenvalue weighted by molar-refractivity contribution is -0.123. The van der Waals surface area contributed by atoms with Crippen molar-refractivity contribution in [3.8, 4) is 5.75 Å². The Morgan fingerprint density at radius 1 is 1.35 bits per heavy atom. The largest absolute Gasteiger partial charge is 0.484 e. The molecule has 0 atom stereocenters. The van der Waals surface area contributed by atoms with E-state index in [0.717, 1.165) is 12.8 Å². The third-order valence-corrected chi connectivity index (χ3v) is 2.16. The van der Waals surface area contributed by atoms with Gasteiger partial charge in [-0.25, -0.2) is 5.43 Å². The Morgan fingerprint density at radius 2 is 2.06 bits per heavy atom. The normalized spacial score (nSPS) is 10.5. The molecular weight excluding hydrogens is 216 g/mol. The van der Waals surface area contributed by atoms with Gasteiger partial charge in [0.05, 0.1) is 0 Å². The average Bonchev–Trinajstić information content (AvgIpc) is 2.37. The first kappa shape index (κ1) is 13.2. The van der Waals surface area contributed by atoms with Gasteiger partial charge in [-0.2, -0.15) is 5.10 Å². The number of carbonyl (C=O) groups is 1. The molecule has 0 radical (unpaired) electrons. The lowest BCUT2D eigenvalue weighted by Gasteiger charge is -2.05. The minimum absolute atomic E-state index is 0.0213. The van der Waals surface area contributed by atoms with E-state index >= 15 is 0 Å². The van der Waals surface area contributed by atoms with Crippen molar-refractivity contribution >= 4 is 12.1 Å². The number of aryl methyl sites for hydroxylation is 1. The second kappa shape index (κ2) is 7.44. The topological polar surface area (TPSA) is 50.7 Å². The third kappa shape index (κ3) is 5.15. The molecule has 0 saturated heterocycles. The molecule has 1 aromatic rings. The molecule has 0 aliphatic carbocycles. The van der Waals surface area contributed by atoms with E-state index in [1.807, 2.05) is 31.2 Å². The molecule has 0 aliphatic heterocycles. The Bertz CT molecular complexity index is 372. The van der Waals surface area contributed by atoms with Crippen LogP contribution in [-0.2, 0) is 11.2 Å². The zero-order valence-electron chi connectivity index (χ0n) is 10.3. The summed E-state index contributed by atoms with van der Waals surface area (Å²) in [5.74, 6) is 0.436. The molecule has 0 fully saturated rings. The van der Waals surface area contributed by atoms with Crippen LogP contribution in [-0.4, -0.2) is 18.7 Å². The van der Waals surface area contributed by atoms with E-state index < -0.39 is 0 Å². The predicted molar refractivity (Wildman–Crippen MR) is 68.2 cm³/mol. The first-order valence-electron chi connectivity index (χ1n) is 5.78. The number of rotatable bonds is 6. The van der Waals surface area contributed by atoms with Crippen LogP contribution >= 0.6 is 0 Å². The van der Waals surface area contributed by atoms with Crippen LogP contribution in [0.1, 0.15) is 25.8 Å². The van der Waals surface area contributed by atoms with Gasteiger partial charge in [-0.05, 0) is 30.5 Å². The second-order valence-electron chi connectivity index (χ2n) is 3.54. The number of nitrogens with zero attached hydrogens (tertiary/aromatic N) is 1. The number of hydrogen-bond acceptors (Lipinski definition) is 3. The van der Waals surface area contributed by atoms with Crippen LogP contribution in [0, 0.1) is 0 Å². The van der Waals surface area contributed by atoms with Crippen LogP contribution in [0.15, 0.2) is 29.4 Å². The summed E-state index contributed by atoms with van der Waals surface area (Å²) in [5, 5.41) is 3.72. The van der Waals surface area contributed by atoms with Gasteiger partial charge in [-0.15, -0.1) is 0 Å². The number of carbonyl (C=O) groups excluding carboxylic acids is 1. The number of ether oxygens (including phenoxy) is 1. The monoisotopic (exact) mass is 234 g/mol. The van der Waals surface area contributed by atoms with Gasteiger partial charge in [0.25, 0.3) is 5.91 Å². The highest BCUT2D eigenvalue weighted by molar-refractivity contribution is 5.78. The molecule has 0 unspecified atom stereocenters. The zero-order valence-corrected chi connectivity index (χ0v) is 10.3. The highest BCUT2D eigenvalue weighted by Crippen LogP contribution is 2.12. The molecule has 1 rings (SSSR count). The van der Waals surface area contributed by atoms with E-state index in [-0.39, 0.29) is 12.5 Å². The van der Waals surface area contributed by atoms with Crippen molar-refractivity contribution in [2.45, 2.75) is 26.7 Å². The Morgan fingerprint density at radius 3 is 2.65 bits per heavy atom. The number of hydrogen-bond donors (Lipinski definition) is 1. The summed E-state index contributed by atoms with van der Waals surface area (Å²) in [6.07, 6.45) is 3.42. The van der Waals surface area contributed by atoms with Crippen LogP contribution < -0.4 is 10.2 Å². The van der Waals surface area contributed by atoms with Crippen molar-refractivity contribution in [3.63, 3.8) is 0 Å². The number of benzene rings is 1. The maximum absolute atomic E-state index is 11.3. The van der Waals surface area contributed by atoms with E-state index in [4.69, 9.17) is 4.74 Å². The van der Waals surface area contributed by atoms with Crippen molar-refractivity contribution < 1.29 is 9.53 Å². The quantitative estimate of drug-likeness (QED) is 0.605. The number of amides is 1. The fourth-order valence-electron chi connectivity index (χ4n) is 1.21. The summed E-state index contributed by atoms with van der Waals surface area (Å²) < 4.78 is 5.31. The third-order valence-electron chi connectivity index (χ3n) is 2.16. The molecule has 1 aromatic carbocycles. The first-order valence-corrected chi connectivity index (χ1v) is 5.78. The molecule has 0 aromatic heterocycles. The SMILES string of the molecule is CCC=NNC(=O)COc1ccc(CC)cc1. The second-order valence-corrected chi connectivity index (χ2v) is 3.54. The molecule has 0 aliphatic rings. The van der Waals surface area contributed by atoms with Gasteiger partial charge in [-0.1, -0.05) is 26.0 Å². The summed E-state index contributed by atoms with van der Waals surface area (Å²) in [7, 11) is 0. The van der Waals surface area contributed by atoms with Crippen molar-refractivity contribution in [2.24, 2.45) is 5.10 Å². The van der Waals surface area contributed by atoms with E-state index in [9.17, 15) is 4.79 Å². The van der Waals surface area contributed by atoms with E-state index in [1.54, 1.807) is 6.21 Å². The summed E-state index contributed by atoms with van der Waals surface area (Å²) in [4.78, 5) is 11.3. The Hall–Kier alpha value is -1.84. The van der Waals surface area contributed by atoms with Gasteiger partial charge in [0, 0.05) is 6.21 Å². The lowest BCUT2D eigenvalue weighted by Crippen LogP contribution is -2.24. The maximum Gasteiger partial charge on any atom is 0.277 e. The molecule has 0 spiro atoms. The molecule has 4 heteroatoms. The Kier molecular flexibility index (Phi) is 5.79. The first-order chi connectivity index (χ1) is 8.26. The van der Waals surface area contributed by atoms with Gasteiger partial charge < -0.3 is 4.74 Å². The van der Waals surface area contributed by atoms with E-state index in [0.29, 0.717) is 5.75 Å². The van der Waals surface area contributed by atoms with Gasteiger partial charge >= 0.3 is 0 Å². The molecule has 1 amide bonds. The highest BCUT2D eigenvalue weighted by atomic mass is 16.5. The molecule has 0 saturated carbocycles. The molecule has 92 valence electrons. The van der Waals surface area contributed by atoms with Crippen molar-refractivity contribution in [3.05, 3.63) is 29.8 Å². The Balaban J connectivity index is 2.34. The zero-order chi connectivity index (χ0) is 12.5. The van der Waals surface area contributed by atoms with E-state index in [2.05, 4.69) is 17.5 Å². The molecule has 1 N–H and O–H groups in total. The van der Waals surface area contributed by atoms with Crippen molar-refractivity contribution in [1.29, 1.82) is 0 Å². The molecule has 4 nitrogen and oxygen atoms in total. The summed E-state index contributed by atoms with van der Waals surface area (Å²) >= 11 is 0. The minimum Gasteiger partial charge on any atom is -0.484 e. The van der Waals surface area contributed by atoms with Gasteiger partial charge in [0.15, 0.2) is 6.61 Å². The summed E-state index contributed by atoms with van der Waals surface area (Å²) in [5.41, 5.74) is 3.63. The maximum atomic E-state index is 11.3. The predicted octanol–water partition coefficient (Wildman–Crippen LogP) is 2.14. The van der Waals surface area contributed by atoms with Crippen LogP contribution in [0.25, 0.3) is 0 Å². The molecular formula is C13H18N2O2. The standard InChI is InChI=1S/C13H18N2O2/c1-3-9-14-15-13(16)10-17-12-7-5-11(4-2)6-8-12/h5-9H,3-4,10H2,1-2H3,(H,15,16). The summed E-state index contributed by atoms with van der Waals surface area (Å²) in [6, 6.07) is 7.70. The molecule has 0 bridgehead atoms. The van der Waals surface area contributed by atoms with Crippen molar-refractivity contribution in [1.82, 2.24) is 5.43 Å². The van der Waals surface area contributed by atoms with Crippen molar-refractivity contribution in [2.75, 3.05) is 6.61 Å². The number of hydrazone groups is 1. The fourth-order valence-corrected chi connectivity index (χ4v) is 1.21. The molecule has 17 heavy (non-hydrogen) atoms. The highest BCUT2D eigenvalue weighted by Gasteiger charge is 2.00. The van der Waals surface area contributed by atoms with Crippen LogP contribution in [0.5, 0.6) is 5.75 Å². The molecule has 0 heterocycles. The van der Waals surface area contributed by atoms with Gasteiger partial charge in [0.1, 0.15) is 5.75 Å². The average molecular weight is 234 g/mol. The minimum atomic E-state index is -0.255. The Labute approximate surface area is 102 Å². The van der Waals surface area contributed by atoms with Gasteiger partial charge in [0.2, 0.25) is 0 Å². The summed E-state index contributed by atoms with van der Waals surface area (Å²) in [6.45, 7) is 4.02. The fraction of sp³-hybridized carbons (Fsp3) is 0.385. The van der Waals surface area contributed by atoms with Crippen LogP contribution in [0.4, 0.5) is 0 Å². The smallest absolute Gasteiger partial charge is 0.277 e. The lowest BCUT2D eigenvalue weighted by atomic mass is 10.2. The van der Waals surface area contributed by atoms with Crippen LogP contribution in [0.2, 0.25) is 0 Å². The van der Waals surface area contributed by atoms with Gasteiger partial charge in [-0.3, -0.25) is 4.79 Å². The van der Waals surface area contributed by atoms with E-state index in [1.165, 1.54) is 5.56 Å².